The number of esters is 1. The van der Waals surface area contributed by atoms with Gasteiger partial charge in [-0.3, -0.25) is 4.79 Å². The second-order valence-corrected chi connectivity index (χ2v) is 5.55. The molecule has 0 aromatic rings. The van der Waals surface area contributed by atoms with E-state index in [2.05, 4.69) is 4.90 Å². The number of hydrogen-bond donors (Lipinski definition) is 0. The van der Waals surface area contributed by atoms with Gasteiger partial charge in [0.15, 0.2) is 0 Å². The Kier molecular flexibility index (Phi) is 4.84. The molecule has 98 valence electrons. The first kappa shape index (κ1) is 12.9. The van der Waals surface area contributed by atoms with Crippen molar-refractivity contribution in [3.8, 4) is 0 Å². The van der Waals surface area contributed by atoms with Crippen molar-refractivity contribution in [3.05, 3.63) is 0 Å². The van der Waals surface area contributed by atoms with Gasteiger partial charge in [-0.25, -0.2) is 0 Å². The highest BCUT2D eigenvalue weighted by Crippen LogP contribution is 2.28. The molecule has 1 saturated carbocycles. The first-order valence-corrected chi connectivity index (χ1v) is 7.15. The maximum absolute atomic E-state index is 11.1. The van der Waals surface area contributed by atoms with Crippen LogP contribution in [0.1, 0.15) is 51.9 Å². The molecule has 1 saturated heterocycles. The molecule has 1 aliphatic carbocycles. The highest BCUT2D eigenvalue weighted by molar-refractivity contribution is 5.66. The number of rotatable bonds is 3. The Bertz CT molecular complexity index is 249. The van der Waals surface area contributed by atoms with Crippen LogP contribution < -0.4 is 0 Å². The van der Waals surface area contributed by atoms with Crippen molar-refractivity contribution in [1.82, 2.24) is 4.90 Å². The molecule has 1 heterocycles. The third-order valence-electron chi connectivity index (χ3n) is 4.10. The first-order valence-electron chi connectivity index (χ1n) is 7.15. The van der Waals surface area contributed by atoms with Gasteiger partial charge in [-0.05, 0) is 45.2 Å². The van der Waals surface area contributed by atoms with Gasteiger partial charge in [0.05, 0.1) is 0 Å². The van der Waals surface area contributed by atoms with Crippen molar-refractivity contribution in [1.29, 1.82) is 0 Å². The van der Waals surface area contributed by atoms with Crippen LogP contribution in [0.2, 0.25) is 0 Å². The zero-order valence-corrected chi connectivity index (χ0v) is 11.0. The molecule has 3 heteroatoms. The molecule has 0 radical (unpaired) electrons. The van der Waals surface area contributed by atoms with Crippen LogP contribution in [0, 0.1) is 5.92 Å². The van der Waals surface area contributed by atoms with E-state index in [1.165, 1.54) is 58.5 Å². The predicted octanol–water partition coefficient (Wildman–Crippen LogP) is 2.59. The Hall–Kier alpha value is -0.570. The van der Waals surface area contributed by atoms with Crippen LogP contribution in [0.3, 0.4) is 0 Å². The number of ether oxygens (including phenoxy) is 1. The van der Waals surface area contributed by atoms with Gasteiger partial charge in [-0.15, -0.1) is 0 Å². The molecule has 0 bridgehead atoms. The number of carbonyl (C=O) groups is 1. The van der Waals surface area contributed by atoms with Crippen LogP contribution in [-0.2, 0) is 9.53 Å². The maximum atomic E-state index is 11.1. The van der Waals surface area contributed by atoms with Gasteiger partial charge in [0.25, 0.3) is 0 Å². The predicted molar refractivity (Wildman–Crippen MR) is 67.8 cm³/mol. The molecule has 2 rings (SSSR count). The van der Waals surface area contributed by atoms with Crippen LogP contribution >= 0.6 is 0 Å². The van der Waals surface area contributed by atoms with Crippen molar-refractivity contribution in [3.63, 3.8) is 0 Å². The molecule has 0 amide bonds. The lowest BCUT2D eigenvalue weighted by Gasteiger charge is -2.36. The van der Waals surface area contributed by atoms with Crippen LogP contribution in [0.5, 0.6) is 0 Å². The molecule has 17 heavy (non-hydrogen) atoms. The molecule has 0 spiro atoms. The zero-order chi connectivity index (χ0) is 12.1. The summed E-state index contributed by atoms with van der Waals surface area (Å²) >= 11 is 0. The van der Waals surface area contributed by atoms with E-state index in [1.807, 2.05) is 0 Å². The Labute approximate surface area is 105 Å². The molecule has 0 aromatic heterocycles. The van der Waals surface area contributed by atoms with Gasteiger partial charge in [0.2, 0.25) is 0 Å². The lowest BCUT2D eigenvalue weighted by Crippen LogP contribution is -2.40. The Balaban J connectivity index is 1.84. The molecular weight excluding hydrogens is 214 g/mol. The van der Waals surface area contributed by atoms with E-state index in [9.17, 15) is 4.79 Å². The van der Waals surface area contributed by atoms with Crippen molar-refractivity contribution in [2.75, 3.05) is 19.6 Å². The minimum Gasteiger partial charge on any atom is -0.462 e. The second kappa shape index (κ2) is 6.39. The molecule has 1 aliphatic heterocycles. The largest absolute Gasteiger partial charge is 0.462 e. The van der Waals surface area contributed by atoms with E-state index in [1.54, 1.807) is 0 Å². The van der Waals surface area contributed by atoms with Crippen LogP contribution in [0.15, 0.2) is 0 Å². The summed E-state index contributed by atoms with van der Waals surface area (Å²) in [7, 11) is 0. The van der Waals surface area contributed by atoms with Crippen LogP contribution in [0.4, 0.5) is 0 Å². The molecule has 0 aromatic carbocycles. The third-order valence-corrected chi connectivity index (χ3v) is 4.10. The number of hydrogen-bond acceptors (Lipinski definition) is 3. The van der Waals surface area contributed by atoms with Gasteiger partial charge >= 0.3 is 5.97 Å². The Morgan fingerprint density at radius 3 is 2.53 bits per heavy atom. The minimum atomic E-state index is -0.111. The SMILES string of the molecule is CC(=O)O[C@@H]1CCCC[C@@H]1CN1CCCCC1. The molecular formula is C14H25NO2. The topological polar surface area (TPSA) is 29.5 Å². The quantitative estimate of drug-likeness (QED) is 0.709. The fourth-order valence-corrected chi connectivity index (χ4v) is 3.22. The Morgan fingerprint density at radius 2 is 1.82 bits per heavy atom. The van der Waals surface area contributed by atoms with Crippen molar-refractivity contribution < 1.29 is 9.53 Å². The summed E-state index contributed by atoms with van der Waals surface area (Å²) in [6.07, 6.45) is 9.06. The zero-order valence-electron chi connectivity index (χ0n) is 11.0. The van der Waals surface area contributed by atoms with Gasteiger partial charge < -0.3 is 9.64 Å². The average molecular weight is 239 g/mol. The summed E-state index contributed by atoms with van der Waals surface area (Å²) in [5, 5.41) is 0. The minimum absolute atomic E-state index is 0.111. The highest BCUT2D eigenvalue weighted by Gasteiger charge is 2.29. The van der Waals surface area contributed by atoms with E-state index < -0.39 is 0 Å². The summed E-state index contributed by atoms with van der Waals surface area (Å²) in [6, 6.07) is 0. The molecule has 2 aliphatic rings. The second-order valence-electron chi connectivity index (χ2n) is 5.55. The van der Waals surface area contributed by atoms with Crippen molar-refractivity contribution >= 4 is 5.97 Å². The van der Waals surface area contributed by atoms with Crippen LogP contribution in [0.25, 0.3) is 0 Å². The molecule has 3 nitrogen and oxygen atoms in total. The molecule has 2 atom stereocenters. The van der Waals surface area contributed by atoms with E-state index in [-0.39, 0.29) is 12.1 Å². The lowest BCUT2D eigenvalue weighted by molar-refractivity contribution is -0.151. The summed E-state index contributed by atoms with van der Waals surface area (Å²) in [6.45, 7) is 5.15. The summed E-state index contributed by atoms with van der Waals surface area (Å²) in [5.41, 5.74) is 0. The van der Waals surface area contributed by atoms with Crippen molar-refractivity contribution in [2.24, 2.45) is 5.92 Å². The third kappa shape index (κ3) is 3.98. The van der Waals surface area contributed by atoms with E-state index in [0.29, 0.717) is 5.92 Å². The normalized spacial score (nSPS) is 31.1. The van der Waals surface area contributed by atoms with Gasteiger partial charge in [0.1, 0.15) is 6.10 Å². The number of carbonyl (C=O) groups excluding carboxylic acids is 1. The van der Waals surface area contributed by atoms with Gasteiger partial charge in [-0.2, -0.15) is 0 Å². The monoisotopic (exact) mass is 239 g/mol. The summed E-state index contributed by atoms with van der Waals surface area (Å²) in [4.78, 5) is 13.7. The smallest absolute Gasteiger partial charge is 0.302 e. The molecule has 0 N–H and O–H groups in total. The highest BCUT2D eigenvalue weighted by atomic mass is 16.5. The fourth-order valence-electron chi connectivity index (χ4n) is 3.22. The molecule has 0 unspecified atom stereocenters. The van der Waals surface area contributed by atoms with Crippen molar-refractivity contribution in [2.45, 2.75) is 58.0 Å². The van der Waals surface area contributed by atoms with Crippen LogP contribution in [-0.4, -0.2) is 36.6 Å². The first-order chi connectivity index (χ1) is 8.25. The fraction of sp³-hybridized carbons (Fsp3) is 0.929. The van der Waals surface area contributed by atoms with Gasteiger partial charge in [-0.1, -0.05) is 12.8 Å². The maximum Gasteiger partial charge on any atom is 0.302 e. The summed E-state index contributed by atoms with van der Waals surface area (Å²) in [5.74, 6) is 0.464. The standard InChI is InChI=1S/C14H25NO2/c1-12(16)17-14-8-4-3-7-13(14)11-15-9-5-2-6-10-15/h13-14H,2-11H2,1H3/t13-,14-/m1/s1. The number of likely N-dealkylation sites (tertiary alicyclic amines) is 1. The summed E-state index contributed by atoms with van der Waals surface area (Å²) < 4.78 is 5.48. The van der Waals surface area contributed by atoms with E-state index in [4.69, 9.17) is 4.74 Å². The lowest BCUT2D eigenvalue weighted by atomic mass is 9.85. The number of nitrogens with zero attached hydrogens (tertiary/aromatic N) is 1. The number of piperidine rings is 1. The van der Waals surface area contributed by atoms with E-state index >= 15 is 0 Å². The average Bonchev–Trinajstić information content (AvgIpc) is 2.32. The molecule has 2 fully saturated rings. The van der Waals surface area contributed by atoms with E-state index in [0.717, 1.165) is 13.0 Å². The van der Waals surface area contributed by atoms with Gasteiger partial charge in [0, 0.05) is 19.4 Å². The Morgan fingerprint density at radius 1 is 1.12 bits per heavy atom.